The summed E-state index contributed by atoms with van der Waals surface area (Å²) in [5.41, 5.74) is 2.81. The molecule has 0 bridgehead atoms. The van der Waals surface area contributed by atoms with E-state index in [0.29, 0.717) is 6.04 Å². The molecule has 3 rings (SSSR count). The van der Waals surface area contributed by atoms with Crippen LogP contribution in [0, 0.1) is 0 Å². The summed E-state index contributed by atoms with van der Waals surface area (Å²) < 4.78 is 5.58. The lowest BCUT2D eigenvalue weighted by molar-refractivity contribution is 0.166. The third-order valence-electron chi connectivity index (χ3n) is 4.33. The van der Waals surface area contributed by atoms with Gasteiger partial charge in [-0.25, -0.2) is 0 Å². The summed E-state index contributed by atoms with van der Waals surface area (Å²) in [6.45, 7) is 7.64. The van der Waals surface area contributed by atoms with E-state index in [2.05, 4.69) is 35.3 Å². The molecule has 1 N–H and O–H groups in total. The lowest BCUT2D eigenvalue weighted by Crippen LogP contribution is -2.45. The van der Waals surface area contributed by atoms with Crippen molar-refractivity contribution in [2.24, 2.45) is 0 Å². The van der Waals surface area contributed by atoms with Crippen molar-refractivity contribution in [3.63, 3.8) is 0 Å². The van der Waals surface area contributed by atoms with E-state index in [1.165, 1.54) is 30.5 Å². The van der Waals surface area contributed by atoms with Gasteiger partial charge in [-0.1, -0.05) is 19.1 Å². The van der Waals surface area contributed by atoms with Crippen LogP contribution in [0.15, 0.2) is 18.2 Å². The Hall–Kier alpha value is -1.06. The second-order valence-corrected chi connectivity index (χ2v) is 5.60. The van der Waals surface area contributed by atoms with Crippen LogP contribution in [-0.4, -0.2) is 37.2 Å². The second kappa shape index (κ2) is 5.93. The number of hydrogen-bond donors (Lipinski definition) is 1. The zero-order valence-corrected chi connectivity index (χ0v) is 11.8. The van der Waals surface area contributed by atoms with Gasteiger partial charge in [0.1, 0.15) is 5.75 Å². The number of rotatable bonds is 4. The van der Waals surface area contributed by atoms with Crippen LogP contribution in [0.3, 0.4) is 0 Å². The van der Waals surface area contributed by atoms with Gasteiger partial charge in [-0.15, -0.1) is 0 Å². The van der Waals surface area contributed by atoms with Crippen LogP contribution in [0.2, 0.25) is 0 Å². The number of benzene rings is 1. The van der Waals surface area contributed by atoms with Crippen molar-refractivity contribution in [1.82, 2.24) is 10.2 Å². The molecule has 0 saturated carbocycles. The number of hydrogen-bond acceptors (Lipinski definition) is 3. The Balaban J connectivity index is 1.68. The summed E-state index contributed by atoms with van der Waals surface area (Å²) in [5, 5.41) is 3.52. The molecule has 1 saturated heterocycles. The number of piperidine rings is 1. The standard InChI is InChI=1S/C16H24N2O/c1-2-18(15-4-3-8-17-11-15)12-13-5-6-16-14(10-13)7-9-19-16/h5-6,10,15,17H,2-4,7-9,11-12H2,1H3. The first-order chi connectivity index (χ1) is 9.36. The summed E-state index contributed by atoms with van der Waals surface area (Å²) in [5.74, 6) is 1.09. The molecule has 0 amide bonds. The Bertz CT molecular complexity index is 427. The molecule has 1 aromatic carbocycles. The van der Waals surface area contributed by atoms with E-state index in [1.807, 2.05) is 0 Å². The first-order valence-corrected chi connectivity index (χ1v) is 7.56. The number of fused-ring (bicyclic) bond motifs is 1. The molecule has 1 aromatic rings. The summed E-state index contributed by atoms with van der Waals surface area (Å²) in [6, 6.07) is 7.40. The van der Waals surface area contributed by atoms with Gasteiger partial charge >= 0.3 is 0 Å². The highest BCUT2D eigenvalue weighted by Crippen LogP contribution is 2.26. The van der Waals surface area contributed by atoms with Crippen molar-refractivity contribution in [3.8, 4) is 5.75 Å². The van der Waals surface area contributed by atoms with Crippen LogP contribution in [0.5, 0.6) is 5.75 Å². The van der Waals surface area contributed by atoms with Gasteiger partial charge in [0, 0.05) is 25.6 Å². The molecule has 104 valence electrons. The Morgan fingerprint density at radius 2 is 2.37 bits per heavy atom. The SMILES string of the molecule is CCN(Cc1ccc2c(c1)CCO2)C1CCCNC1. The Labute approximate surface area is 115 Å². The molecule has 0 spiro atoms. The molecule has 1 unspecified atom stereocenters. The van der Waals surface area contributed by atoms with Gasteiger partial charge in [-0.3, -0.25) is 4.90 Å². The van der Waals surface area contributed by atoms with Gasteiger partial charge in [0.05, 0.1) is 6.61 Å². The first-order valence-electron chi connectivity index (χ1n) is 7.56. The van der Waals surface area contributed by atoms with E-state index in [0.717, 1.165) is 38.4 Å². The van der Waals surface area contributed by atoms with Crippen molar-refractivity contribution < 1.29 is 4.74 Å². The lowest BCUT2D eigenvalue weighted by Gasteiger charge is -2.34. The lowest BCUT2D eigenvalue weighted by atomic mass is 10.0. The molecule has 1 atom stereocenters. The van der Waals surface area contributed by atoms with Crippen molar-refractivity contribution in [1.29, 1.82) is 0 Å². The maximum atomic E-state index is 5.58. The highest BCUT2D eigenvalue weighted by Gasteiger charge is 2.20. The molecule has 1 fully saturated rings. The zero-order valence-electron chi connectivity index (χ0n) is 11.8. The van der Waals surface area contributed by atoms with Gasteiger partial charge in [-0.2, -0.15) is 0 Å². The quantitative estimate of drug-likeness (QED) is 0.898. The first kappa shape index (κ1) is 12.9. The van der Waals surface area contributed by atoms with Crippen molar-refractivity contribution >= 4 is 0 Å². The van der Waals surface area contributed by atoms with Crippen LogP contribution in [0.4, 0.5) is 0 Å². The third-order valence-corrected chi connectivity index (χ3v) is 4.33. The fraction of sp³-hybridized carbons (Fsp3) is 0.625. The van der Waals surface area contributed by atoms with Crippen LogP contribution in [-0.2, 0) is 13.0 Å². The smallest absolute Gasteiger partial charge is 0.122 e. The highest BCUT2D eigenvalue weighted by molar-refractivity contribution is 5.39. The fourth-order valence-electron chi connectivity index (χ4n) is 3.22. The normalized spacial score (nSPS) is 22.3. The molecule has 2 aliphatic heterocycles. The van der Waals surface area contributed by atoms with Crippen molar-refractivity contribution in [2.45, 2.75) is 38.8 Å². The molecule has 2 heterocycles. The molecule has 2 aliphatic rings. The molecule has 0 aromatic heterocycles. The van der Waals surface area contributed by atoms with E-state index in [9.17, 15) is 0 Å². The molecule has 3 heteroatoms. The summed E-state index contributed by atoms with van der Waals surface area (Å²) in [6.07, 6.45) is 3.70. The monoisotopic (exact) mass is 260 g/mol. The van der Waals surface area contributed by atoms with Gasteiger partial charge in [0.25, 0.3) is 0 Å². The van der Waals surface area contributed by atoms with E-state index in [-0.39, 0.29) is 0 Å². The Kier molecular flexibility index (Phi) is 4.04. The maximum absolute atomic E-state index is 5.58. The third kappa shape index (κ3) is 2.93. The van der Waals surface area contributed by atoms with Gasteiger partial charge in [0.2, 0.25) is 0 Å². The highest BCUT2D eigenvalue weighted by atomic mass is 16.5. The summed E-state index contributed by atoms with van der Waals surface area (Å²) in [7, 11) is 0. The topological polar surface area (TPSA) is 24.5 Å². The van der Waals surface area contributed by atoms with E-state index in [4.69, 9.17) is 4.74 Å². The second-order valence-electron chi connectivity index (χ2n) is 5.60. The largest absolute Gasteiger partial charge is 0.493 e. The van der Waals surface area contributed by atoms with E-state index < -0.39 is 0 Å². The van der Waals surface area contributed by atoms with Crippen molar-refractivity contribution in [2.75, 3.05) is 26.2 Å². The maximum Gasteiger partial charge on any atom is 0.122 e. The average molecular weight is 260 g/mol. The van der Waals surface area contributed by atoms with Gasteiger partial charge in [0.15, 0.2) is 0 Å². The zero-order chi connectivity index (χ0) is 13.1. The van der Waals surface area contributed by atoms with Crippen LogP contribution < -0.4 is 10.1 Å². The molecule has 0 radical (unpaired) electrons. The molecule has 0 aliphatic carbocycles. The number of nitrogens with zero attached hydrogens (tertiary/aromatic N) is 1. The van der Waals surface area contributed by atoms with Crippen LogP contribution >= 0.6 is 0 Å². The minimum absolute atomic E-state index is 0.697. The predicted molar refractivity (Wildman–Crippen MR) is 77.6 cm³/mol. The predicted octanol–water partition coefficient (Wildman–Crippen LogP) is 2.20. The Morgan fingerprint density at radius 3 is 3.16 bits per heavy atom. The summed E-state index contributed by atoms with van der Waals surface area (Å²) in [4.78, 5) is 2.60. The average Bonchev–Trinajstić information content (AvgIpc) is 2.93. The van der Waals surface area contributed by atoms with Gasteiger partial charge < -0.3 is 10.1 Å². The number of likely N-dealkylation sites (N-methyl/N-ethyl adjacent to an activating group) is 1. The van der Waals surface area contributed by atoms with E-state index in [1.54, 1.807) is 0 Å². The molecular weight excluding hydrogens is 236 g/mol. The fourth-order valence-corrected chi connectivity index (χ4v) is 3.22. The van der Waals surface area contributed by atoms with Crippen molar-refractivity contribution in [3.05, 3.63) is 29.3 Å². The minimum Gasteiger partial charge on any atom is -0.493 e. The Morgan fingerprint density at radius 1 is 1.42 bits per heavy atom. The van der Waals surface area contributed by atoms with Crippen LogP contribution in [0.25, 0.3) is 0 Å². The molecule has 3 nitrogen and oxygen atoms in total. The van der Waals surface area contributed by atoms with E-state index >= 15 is 0 Å². The minimum atomic E-state index is 0.697. The number of ether oxygens (including phenoxy) is 1. The summed E-state index contributed by atoms with van der Waals surface area (Å²) >= 11 is 0. The molecule has 19 heavy (non-hydrogen) atoms. The molecular formula is C16H24N2O. The van der Waals surface area contributed by atoms with Crippen LogP contribution in [0.1, 0.15) is 30.9 Å². The van der Waals surface area contributed by atoms with Gasteiger partial charge in [-0.05, 0) is 43.1 Å². The number of nitrogens with one attached hydrogen (secondary N) is 1.